The molecule has 1 radical (unpaired) electrons. The minimum absolute atomic E-state index is 0.586. The molecule has 0 nitrogen and oxygen atoms in total. The van der Waals surface area contributed by atoms with Crippen LogP contribution in [0, 0.1) is 17.8 Å². The van der Waals surface area contributed by atoms with Gasteiger partial charge in [0, 0.05) is 5.92 Å². The maximum absolute atomic E-state index is 2.35. The maximum atomic E-state index is 2.35. The Balaban J connectivity index is 1.84. The lowest BCUT2D eigenvalue weighted by atomic mass is 9.76. The van der Waals surface area contributed by atoms with Crippen LogP contribution < -0.4 is 0 Å². The van der Waals surface area contributed by atoms with Crippen molar-refractivity contribution in [3.05, 3.63) is 77.2 Å². The molecule has 0 spiro atoms. The third-order valence-electron chi connectivity index (χ3n) is 5.03. The van der Waals surface area contributed by atoms with Crippen LogP contribution in [0.5, 0.6) is 0 Å². The van der Waals surface area contributed by atoms with Crippen LogP contribution in [0.3, 0.4) is 0 Å². The molecule has 3 rings (SSSR count). The SMILES string of the molecule is CC(C)[C](Cc1ccccc1)c1ccccc1CC1CCC1. The zero-order valence-corrected chi connectivity index (χ0v) is 13.9. The summed E-state index contributed by atoms with van der Waals surface area (Å²) in [5.74, 6) is 3.09. The molecule has 0 unspecified atom stereocenters. The van der Waals surface area contributed by atoms with Crippen molar-refractivity contribution in [1.82, 2.24) is 0 Å². The fraction of sp³-hybridized carbons (Fsp3) is 0.409. The van der Waals surface area contributed by atoms with E-state index in [4.69, 9.17) is 0 Å². The summed E-state index contributed by atoms with van der Waals surface area (Å²) in [5.41, 5.74) is 4.49. The lowest BCUT2D eigenvalue weighted by Gasteiger charge is -2.29. The topological polar surface area (TPSA) is 0 Å². The van der Waals surface area contributed by atoms with Crippen LogP contribution in [-0.4, -0.2) is 0 Å². The summed E-state index contributed by atoms with van der Waals surface area (Å²) in [6.45, 7) is 4.66. The monoisotopic (exact) mass is 291 g/mol. The first-order chi connectivity index (χ1) is 10.7. The van der Waals surface area contributed by atoms with E-state index in [-0.39, 0.29) is 0 Å². The summed E-state index contributed by atoms with van der Waals surface area (Å²) >= 11 is 0. The normalized spacial score (nSPS) is 15.3. The van der Waals surface area contributed by atoms with E-state index in [0.717, 1.165) is 12.3 Å². The number of benzene rings is 2. The fourth-order valence-corrected chi connectivity index (χ4v) is 3.45. The summed E-state index contributed by atoms with van der Waals surface area (Å²) in [6, 6.07) is 20.0. The van der Waals surface area contributed by atoms with Gasteiger partial charge in [-0.3, -0.25) is 0 Å². The lowest BCUT2D eigenvalue weighted by Crippen LogP contribution is -2.18. The van der Waals surface area contributed by atoms with E-state index >= 15 is 0 Å². The summed E-state index contributed by atoms with van der Waals surface area (Å²) in [7, 11) is 0. The van der Waals surface area contributed by atoms with Gasteiger partial charge in [0.25, 0.3) is 0 Å². The molecule has 1 saturated carbocycles. The van der Waals surface area contributed by atoms with Gasteiger partial charge >= 0.3 is 0 Å². The van der Waals surface area contributed by atoms with Gasteiger partial charge in [-0.1, -0.05) is 87.7 Å². The van der Waals surface area contributed by atoms with Gasteiger partial charge in [0.2, 0.25) is 0 Å². The first-order valence-corrected chi connectivity index (χ1v) is 8.72. The standard InChI is InChI=1S/C22H27/c1-17(2)22(16-19-9-4-3-5-10-19)21-14-7-6-13-20(21)15-18-11-8-12-18/h3-7,9-10,13-14,17-18H,8,11-12,15-16H2,1-2H3. The number of hydrogen-bond acceptors (Lipinski definition) is 0. The predicted molar refractivity (Wildman–Crippen MR) is 94.8 cm³/mol. The third-order valence-corrected chi connectivity index (χ3v) is 5.03. The highest BCUT2D eigenvalue weighted by molar-refractivity contribution is 5.42. The van der Waals surface area contributed by atoms with Crippen molar-refractivity contribution in [3.63, 3.8) is 0 Å². The van der Waals surface area contributed by atoms with E-state index in [0.29, 0.717) is 5.92 Å². The van der Waals surface area contributed by atoms with Gasteiger partial charge in [0.05, 0.1) is 0 Å². The summed E-state index contributed by atoms with van der Waals surface area (Å²) in [6.07, 6.45) is 6.60. The van der Waals surface area contributed by atoms with E-state index in [2.05, 4.69) is 68.4 Å². The van der Waals surface area contributed by atoms with Gasteiger partial charge in [-0.15, -0.1) is 0 Å². The van der Waals surface area contributed by atoms with Crippen LogP contribution in [0.1, 0.15) is 49.8 Å². The zero-order chi connectivity index (χ0) is 15.4. The molecule has 0 heterocycles. The maximum Gasteiger partial charge on any atom is 0.0121 e. The molecule has 2 aromatic carbocycles. The van der Waals surface area contributed by atoms with Gasteiger partial charge in [0.15, 0.2) is 0 Å². The van der Waals surface area contributed by atoms with Gasteiger partial charge in [0.1, 0.15) is 0 Å². The first kappa shape index (κ1) is 15.3. The summed E-state index contributed by atoms with van der Waals surface area (Å²) < 4.78 is 0. The van der Waals surface area contributed by atoms with Crippen LogP contribution in [0.2, 0.25) is 0 Å². The molecule has 1 aliphatic carbocycles. The Bertz CT molecular complexity index is 578. The Morgan fingerprint density at radius 3 is 2.27 bits per heavy atom. The minimum Gasteiger partial charge on any atom is -0.0622 e. The van der Waals surface area contributed by atoms with E-state index in [1.54, 1.807) is 11.5 Å². The largest absolute Gasteiger partial charge is 0.0622 e. The van der Waals surface area contributed by atoms with Gasteiger partial charge in [-0.2, -0.15) is 0 Å². The average Bonchev–Trinajstić information content (AvgIpc) is 2.50. The zero-order valence-electron chi connectivity index (χ0n) is 13.9. The molecule has 1 fully saturated rings. The third kappa shape index (κ3) is 3.61. The Labute approximate surface area is 135 Å². The van der Waals surface area contributed by atoms with Gasteiger partial charge in [-0.05, 0) is 41.4 Å². The average molecular weight is 291 g/mol. The van der Waals surface area contributed by atoms with Crippen molar-refractivity contribution in [1.29, 1.82) is 0 Å². The molecule has 22 heavy (non-hydrogen) atoms. The summed E-state index contributed by atoms with van der Waals surface area (Å²) in [5, 5.41) is 0. The van der Waals surface area contributed by atoms with E-state index in [1.165, 1.54) is 36.8 Å². The lowest BCUT2D eigenvalue weighted by molar-refractivity contribution is 0.314. The highest BCUT2D eigenvalue weighted by Gasteiger charge is 2.23. The van der Waals surface area contributed by atoms with Crippen molar-refractivity contribution in [3.8, 4) is 0 Å². The second kappa shape index (κ2) is 7.13. The fourth-order valence-electron chi connectivity index (χ4n) is 3.45. The van der Waals surface area contributed by atoms with Crippen LogP contribution in [0.4, 0.5) is 0 Å². The Kier molecular flexibility index (Phi) is 4.97. The molecule has 0 saturated heterocycles. The van der Waals surface area contributed by atoms with Crippen molar-refractivity contribution < 1.29 is 0 Å². The predicted octanol–water partition coefficient (Wildman–Crippen LogP) is 5.85. The quantitative estimate of drug-likeness (QED) is 0.626. The van der Waals surface area contributed by atoms with E-state index in [9.17, 15) is 0 Å². The second-order valence-electron chi connectivity index (χ2n) is 7.00. The molecule has 1 aliphatic rings. The molecular weight excluding hydrogens is 264 g/mol. The molecule has 0 amide bonds. The van der Waals surface area contributed by atoms with Crippen molar-refractivity contribution in [2.24, 2.45) is 11.8 Å². The highest BCUT2D eigenvalue weighted by atomic mass is 14.3. The number of hydrogen-bond donors (Lipinski definition) is 0. The van der Waals surface area contributed by atoms with Crippen molar-refractivity contribution >= 4 is 0 Å². The minimum atomic E-state index is 0.586. The molecule has 0 N–H and O–H groups in total. The Hall–Kier alpha value is -1.56. The number of rotatable bonds is 6. The Morgan fingerprint density at radius 1 is 0.955 bits per heavy atom. The van der Waals surface area contributed by atoms with Gasteiger partial charge in [-0.25, -0.2) is 0 Å². The van der Waals surface area contributed by atoms with Gasteiger partial charge < -0.3 is 0 Å². The molecule has 0 bridgehead atoms. The van der Waals surface area contributed by atoms with Crippen LogP contribution in [0.15, 0.2) is 54.6 Å². The molecule has 0 aliphatic heterocycles. The van der Waals surface area contributed by atoms with Crippen LogP contribution >= 0.6 is 0 Å². The molecule has 115 valence electrons. The van der Waals surface area contributed by atoms with E-state index in [1.807, 2.05) is 0 Å². The first-order valence-electron chi connectivity index (χ1n) is 8.72. The molecule has 2 aromatic rings. The molecule has 0 atom stereocenters. The smallest absolute Gasteiger partial charge is 0.0121 e. The van der Waals surface area contributed by atoms with Crippen LogP contribution in [0.25, 0.3) is 0 Å². The molecular formula is C22H27. The van der Waals surface area contributed by atoms with Crippen LogP contribution in [-0.2, 0) is 12.8 Å². The molecule has 0 heteroatoms. The summed E-state index contributed by atoms with van der Waals surface area (Å²) in [4.78, 5) is 0. The Morgan fingerprint density at radius 2 is 1.64 bits per heavy atom. The van der Waals surface area contributed by atoms with Crippen molar-refractivity contribution in [2.45, 2.75) is 46.0 Å². The molecule has 0 aromatic heterocycles. The van der Waals surface area contributed by atoms with E-state index < -0.39 is 0 Å². The van der Waals surface area contributed by atoms with Crippen molar-refractivity contribution in [2.75, 3.05) is 0 Å². The second-order valence-corrected chi connectivity index (χ2v) is 7.00. The highest BCUT2D eigenvalue weighted by Crippen LogP contribution is 2.35.